The van der Waals surface area contributed by atoms with Crippen molar-refractivity contribution < 1.29 is 0 Å². The van der Waals surface area contributed by atoms with Gasteiger partial charge in [-0.05, 0) is 47.9 Å². The molecule has 0 N–H and O–H groups in total. The van der Waals surface area contributed by atoms with Crippen LogP contribution in [0.15, 0.2) is 164 Å². The molecule has 5 aromatic heterocycles. The van der Waals surface area contributed by atoms with Crippen molar-refractivity contribution in [2.45, 2.75) is 0 Å². The lowest BCUT2D eigenvalue weighted by atomic mass is 10.0. The minimum atomic E-state index is 0.653. The second-order valence-electron chi connectivity index (χ2n) is 14.2. The van der Waals surface area contributed by atoms with Crippen LogP contribution in [-0.2, 0) is 0 Å². The summed E-state index contributed by atoms with van der Waals surface area (Å²) in [5, 5.41) is 13.3. The third-order valence-corrected chi connectivity index (χ3v) is 11.5. The summed E-state index contributed by atoms with van der Waals surface area (Å²) in [6.45, 7) is 0. The first-order valence-corrected chi connectivity index (χ1v) is 18.1. The molecule has 5 heteroatoms. The van der Waals surface area contributed by atoms with Gasteiger partial charge in [-0.3, -0.25) is 9.13 Å². The number of hydrogen-bond donors (Lipinski definition) is 0. The normalized spacial score (nSPS) is 12.5. The van der Waals surface area contributed by atoms with Gasteiger partial charge in [-0.1, -0.05) is 121 Å². The van der Waals surface area contributed by atoms with Crippen molar-refractivity contribution in [1.82, 2.24) is 23.5 Å². The van der Waals surface area contributed by atoms with Crippen LogP contribution in [0.5, 0.6) is 0 Å². The van der Waals surface area contributed by atoms with Crippen molar-refractivity contribution in [3.8, 4) is 11.8 Å². The van der Waals surface area contributed by atoms with E-state index >= 15 is 0 Å². The number of nitrogens with zero attached hydrogens (tertiary/aromatic N) is 5. The molecule has 0 unspecified atom stereocenters. The molecule has 5 nitrogen and oxygen atoms in total. The SMILES string of the molecule is c1ccc2c(c1)ccc1c3cc4c5ccccc5n(-c5nc(-n6c7ccccc7c7ccccc76)nc6ccccc56)c4c4c5ccccc5n(c21)c34. The Morgan fingerprint density at radius 3 is 1.62 bits per heavy atom. The summed E-state index contributed by atoms with van der Waals surface area (Å²) in [5.74, 6) is 1.52. The molecular formula is C48H27N5. The minimum absolute atomic E-state index is 0.653. The van der Waals surface area contributed by atoms with Gasteiger partial charge in [0.1, 0.15) is 0 Å². The molecule has 0 saturated carbocycles. The quantitative estimate of drug-likeness (QED) is 0.183. The molecule has 13 aromatic rings. The smallest absolute Gasteiger partial charge is 0.237 e. The number of rotatable bonds is 2. The highest BCUT2D eigenvalue weighted by atomic mass is 15.2. The van der Waals surface area contributed by atoms with Gasteiger partial charge in [0.05, 0.1) is 44.1 Å². The first-order chi connectivity index (χ1) is 26.3. The van der Waals surface area contributed by atoms with E-state index in [0.717, 1.165) is 38.8 Å². The number of aromatic nitrogens is 5. The summed E-state index contributed by atoms with van der Waals surface area (Å²) in [6, 6.07) is 59.0. The van der Waals surface area contributed by atoms with E-state index in [0.29, 0.717) is 5.95 Å². The van der Waals surface area contributed by atoms with E-state index in [1.807, 2.05) is 0 Å². The van der Waals surface area contributed by atoms with Crippen molar-refractivity contribution in [3.63, 3.8) is 0 Å². The monoisotopic (exact) mass is 673 g/mol. The van der Waals surface area contributed by atoms with E-state index < -0.39 is 0 Å². The van der Waals surface area contributed by atoms with E-state index in [1.54, 1.807) is 0 Å². The van der Waals surface area contributed by atoms with Crippen LogP contribution in [-0.4, -0.2) is 23.5 Å². The average Bonchev–Trinajstić information content (AvgIpc) is 3.94. The molecule has 0 amide bonds. The third-order valence-electron chi connectivity index (χ3n) is 11.5. The van der Waals surface area contributed by atoms with Crippen LogP contribution in [0.2, 0.25) is 0 Å². The molecular weight excluding hydrogens is 647 g/mol. The molecule has 0 fully saturated rings. The molecule has 244 valence electrons. The van der Waals surface area contributed by atoms with Gasteiger partial charge in [0, 0.05) is 53.9 Å². The highest BCUT2D eigenvalue weighted by molar-refractivity contribution is 6.35. The van der Waals surface area contributed by atoms with Crippen LogP contribution in [0.1, 0.15) is 0 Å². The van der Waals surface area contributed by atoms with E-state index in [2.05, 4.69) is 177 Å². The fourth-order valence-corrected chi connectivity index (χ4v) is 9.43. The molecule has 13 rings (SSSR count). The van der Waals surface area contributed by atoms with Gasteiger partial charge in [0.2, 0.25) is 5.95 Å². The zero-order valence-electron chi connectivity index (χ0n) is 28.3. The topological polar surface area (TPSA) is 40.0 Å². The Morgan fingerprint density at radius 2 is 0.887 bits per heavy atom. The molecule has 0 radical (unpaired) electrons. The summed E-state index contributed by atoms with van der Waals surface area (Å²) < 4.78 is 7.16. The van der Waals surface area contributed by atoms with Crippen LogP contribution in [0, 0.1) is 0 Å². The Kier molecular flexibility index (Phi) is 5.06. The van der Waals surface area contributed by atoms with Crippen molar-refractivity contribution in [1.29, 1.82) is 0 Å². The van der Waals surface area contributed by atoms with Crippen molar-refractivity contribution in [2.24, 2.45) is 0 Å². The second kappa shape index (κ2) is 9.75. The summed E-state index contributed by atoms with van der Waals surface area (Å²) in [6.07, 6.45) is 0. The number of benzene rings is 8. The van der Waals surface area contributed by atoms with Gasteiger partial charge in [0.25, 0.3) is 0 Å². The molecule has 0 aliphatic carbocycles. The molecule has 8 aromatic carbocycles. The molecule has 5 heterocycles. The largest absolute Gasteiger partial charge is 0.307 e. The van der Waals surface area contributed by atoms with E-state index in [4.69, 9.17) is 9.97 Å². The van der Waals surface area contributed by atoms with E-state index in [9.17, 15) is 0 Å². The highest BCUT2D eigenvalue weighted by Crippen LogP contribution is 2.48. The van der Waals surface area contributed by atoms with E-state index in [1.165, 1.54) is 70.4 Å². The lowest BCUT2D eigenvalue weighted by molar-refractivity contribution is 0.973. The summed E-state index contributed by atoms with van der Waals surface area (Å²) in [5.41, 5.74) is 9.07. The molecule has 0 spiro atoms. The Bertz CT molecular complexity index is 3640. The van der Waals surface area contributed by atoms with E-state index in [-0.39, 0.29) is 0 Å². The Morgan fingerprint density at radius 1 is 0.340 bits per heavy atom. The summed E-state index contributed by atoms with van der Waals surface area (Å²) in [7, 11) is 0. The maximum Gasteiger partial charge on any atom is 0.237 e. The van der Waals surface area contributed by atoms with Gasteiger partial charge < -0.3 is 4.40 Å². The van der Waals surface area contributed by atoms with Gasteiger partial charge in [-0.2, -0.15) is 4.98 Å². The lowest BCUT2D eigenvalue weighted by Gasteiger charge is -2.14. The van der Waals surface area contributed by atoms with Crippen molar-refractivity contribution >= 4 is 103 Å². The molecule has 0 aliphatic rings. The molecule has 0 bridgehead atoms. The number of para-hydroxylation sites is 5. The molecule has 53 heavy (non-hydrogen) atoms. The highest BCUT2D eigenvalue weighted by Gasteiger charge is 2.26. The maximum absolute atomic E-state index is 5.61. The predicted molar refractivity (Wildman–Crippen MR) is 220 cm³/mol. The fraction of sp³-hybridized carbons (Fsp3) is 0. The zero-order valence-corrected chi connectivity index (χ0v) is 28.3. The van der Waals surface area contributed by atoms with Gasteiger partial charge in [0.15, 0.2) is 5.82 Å². The van der Waals surface area contributed by atoms with Crippen LogP contribution < -0.4 is 0 Å². The standard InChI is InChI=1S/C48H27N5/c1-2-14-29-28(13-1)25-26-33-37-27-36-32-17-6-11-23-41(32)53(46(36)43-35-19-7-12-24-42(35)52(44(29)33)45(37)43)47-34-18-3-8-20-38(34)49-48(50-47)51-39-21-9-4-15-30(39)31-16-5-10-22-40(31)51/h1-27H. The zero-order chi connectivity index (χ0) is 34.4. The Balaban J connectivity index is 1.26. The average molecular weight is 674 g/mol. The maximum atomic E-state index is 5.61. The van der Waals surface area contributed by atoms with Crippen molar-refractivity contribution in [3.05, 3.63) is 164 Å². The van der Waals surface area contributed by atoms with Gasteiger partial charge >= 0.3 is 0 Å². The van der Waals surface area contributed by atoms with Gasteiger partial charge in [-0.25, -0.2) is 4.98 Å². The van der Waals surface area contributed by atoms with Crippen LogP contribution in [0.25, 0.3) is 115 Å². The molecule has 0 saturated heterocycles. The summed E-state index contributed by atoms with van der Waals surface area (Å²) in [4.78, 5) is 10.9. The fourth-order valence-electron chi connectivity index (χ4n) is 9.43. The summed E-state index contributed by atoms with van der Waals surface area (Å²) >= 11 is 0. The predicted octanol–water partition coefficient (Wildman–Crippen LogP) is 12.1. The lowest BCUT2D eigenvalue weighted by Crippen LogP contribution is -2.07. The number of fused-ring (bicyclic) bond motifs is 16. The minimum Gasteiger partial charge on any atom is -0.307 e. The second-order valence-corrected chi connectivity index (χ2v) is 14.2. The molecule has 0 aliphatic heterocycles. The van der Waals surface area contributed by atoms with Crippen LogP contribution >= 0.6 is 0 Å². The Labute approximate surface area is 301 Å². The third kappa shape index (κ3) is 3.37. The molecule has 0 atom stereocenters. The van der Waals surface area contributed by atoms with Gasteiger partial charge in [-0.15, -0.1) is 0 Å². The van der Waals surface area contributed by atoms with Crippen LogP contribution in [0.3, 0.4) is 0 Å². The van der Waals surface area contributed by atoms with Crippen LogP contribution in [0.4, 0.5) is 0 Å². The Hall–Kier alpha value is -7.24. The van der Waals surface area contributed by atoms with Crippen molar-refractivity contribution in [2.75, 3.05) is 0 Å². The first-order valence-electron chi connectivity index (χ1n) is 18.1. The first kappa shape index (κ1) is 27.5. The number of hydrogen-bond acceptors (Lipinski definition) is 2.